The van der Waals surface area contributed by atoms with Crippen molar-refractivity contribution in [2.75, 3.05) is 11.4 Å². The number of rotatable bonds is 2. The van der Waals surface area contributed by atoms with Crippen molar-refractivity contribution in [1.82, 2.24) is 0 Å². The molecular formula is C13H16FNO. The number of hydrogen-bond donors (Lipinski definition) is 1. The first-order chi connectivity index (χ1) is 7.76. The van der Waals surface area contributed by atoms with Gasteiger partial charge in [-0.15, -0.1) is 0 Å². The second kappa shape index (κ2) is 3.74. The summed E-state index contributed by atoms with van der Waals surface area (Å²) >= 11 is 0. The summed E-state index contributed by atoms with van der Waals surface area (Å²) in [4.78, 5) is 2.30. The first-order valence-corrected chi connectivity index (χ1v) is 5.93. The summed E-state index contributed by atoms with van der Waals surface area (Å²) in [6.07, 6.45) is 3.81. The van der Waals surface area contributed by atoms with Gasteiger partial charge in [0.1, 0.15) is 5.82 Å². The number of benzene rings is 1. The zero-order valence-electron chi connectivity index (χ0n) is 9.19. The fraction of sp³-hybridized carbons (Fsp3) is 0.538. The van der Waals surface area contributed by atoms with E-state index in [4.69, 9.17) is 5.11 Å². The molecule has 1 saturated carbocycles. The number of anilines is 1. The number of nitrogens with zero attached hydrogens (tertiary/aromatic N) is 1. The van der Waals surface area contributed by atoms with Gasteiger partial charge in [0.05, 0.1) is 6.61 Å². The zero-order valence-corrected chi connectivity index (χ0v) is 9.19. The molecular weight excluding hydrogens is 205 g/mol. The van der Waals surface area contributed by atoms with Crippen LogP contribution in [-0.2, 0) is 6.61 Å². The van der Waals surface area contributed by atoms with E-state index in [-0.39, 0.29) is 12.4 Å². The molecule has 3 rings (SSSR count). The van der Waals surface area contributed by atoms with Crippen LogP contribution in [0.5, 0.6) is 0 Å². The van der Waals surface area contributed by atoms with E-state index in [9.17, 15) is 4.39 Å². The Labute approximate surface area is 94.7 Å². The van der Waals surface area contributed by atoms with Crippen LogP contribution < -0.4 is 4.90 Å². The van der Waals surface area contributed by atoms with E-state index in [0.29, 0.717) is 11.6 Å². The summed E-state index contributed by atoms with van der Waals surface area (Å²) in [5.41, 5.74) is 1.61. The van der Waals surface area contributed by atoms with Gasteiger partial charge in [-0.2, -0.15) is 0 Å². The van der Waals surface area contributed by atoms with Crippen molar-refractivity contribution in [1.29, 1.82) is 0 Å². The molecule has 0 spiro atoms. The van der Waals surface area contributed by atoms with Crippen molar-refractivity contribution in [3.63, 3.8) is 0 Å². The van der Waals surface area contributed by atoms with Gasteiger partial charge in [-0.3, -0.25) is 0 Å². The van der Waals surface area contributed by atoms with E-state index in [1.54, 1.807) is 6.07 Å². The quantitative estimate of drug-likeness (QED) is 0.828. The number of fused-ring (bicyclic) bond motifs is 2. The molecule has 2 nitrogen and oxygen atoms in total. The Bertz CT molecular complexity index is 407. The molecule has 2 fully saturated rings. The predicted molar refractivity (Wildman–Crippen MR) is 60.8 cm³/mol. The molecule has 2 bridgehead atoms. The lowest BCUT2D eigenvalue weighted by Gasteiger charge is -2.29. The normalized spacial score (nSPS) is 27.8. The Morgan fingerprint density at radius 3 is 2.81 bits per heavy atom. The third-order valence-corrected chi connectivity index (χ3v) is 3.87. The summed E-state index contributed by atoms with van der Waals surface area (Å²) in [6.45, 7) is 0.964. The Morgan fingerprint density at radius 1 is 1.31 bits per heavy atom. The molecule has 1 aromatic rings. The Morgan fingerprint density at radius 2 is 2.19 bits per heavy atom. The fourth-order valence-corrected chi connectivity index (χ4v) is 3.13. The predicted octanol–water partition coefficient (Wildman–Crippen LogP) is 2.31. The van der Waals surface area contributed by atoms with Gasteiger partial charge in [-0.05, 0) is 48.9 Å². The molecule has 1 N–H and O–H groups in total. The molecule has 0 radical (unpaired) electrons. The molecule has 3 heteroatoms. The van der Waals surface area contributed by atoms with Crippen LogP contribution in [0.2, 0.25) is 0 Å². The van der Waals surface area contributed by atoms with E-state index < -0.39 is 0 Å². The lowest BCUT2D eigenvalue weighted by atomic mass is 10.1. The van der Waals surface area contributed by atoms with E-state index in [2.05, 4.69) is 4.90 Å². The molecule has 16 heavy (non-hydrogen) atoms. The number of aliphatic hydroxyl groups excluding tert-OH is 1. The lowest BCUT2D eigenvalue weighted by Crippen LogP contribution is -2.31. The highest BCUT2D eigenvalue weighted by molar-refractivity contribution is 5.51. The lowest BCUT2D eigenvalue weighted by molar-refractivity contribution is 0.281. The standard InChI is InChI=1S/C13H16FNO/c14-11-3-10(8-16)5-13(6-11)15-7-9-1-2-12(15)4-9/h3,5-6,9,12,16H,1-2,4,7-8H2. The average Bonchev–Trinajstić information content (AvgIpc) is 2.89. The van der Waals surface area contributed by atoms with Crippen LogP contribution >= 0.6 is 0 Å². The third kappa shape index (κ3) is 1.59. The minimum Gasteiger partial charge on any atom is -0.392 e. The van der Waals surface area contributed by atoms with Gasteiger partial charge >= 0.3 is 0 Å². The summed E-state index contributed by atoms with van der Waals surface area (Å²) < 4.78 is 13.4. The molecule has 2 atom stereocenters. The second-order valence-corrected chi connectivity index (χ2v) is 4.96. The summed E-state index contributed by atoms with van der Waals surface area (Å²) in [6, 6.07) is 5.49. The monoisotopic (exact) mass is 221 g/mol. The van der Waals surface area contributed by atoms with Gasteiger partial charge in [-0.25, -0.2) is 4.39 Å². The SMILES string of the molecule is OCc1cc(F)cc(N2CC3CCC2C3)c1. The summed E-state index contributed by atoms with van der Waals surface area (Å²) in [5.74, 6) is 0.551. The Kier molecular flexibility index (Phi) is 2.36. The maximum atomic E-state index is 13.4. The largest absolute Gasteiger partial charge is 0.392 e. The van der Waals surface area contributed by atoms with Gasteiger partial charge in [0.15, 0.2) is 0 Å². The van der Waals surface area contributed by atoms with Crippen LogP contribution in [0, 0.1) is 11.7 Å². The number of piperidine rings is 1. The summed E-state index contributed by atoms with van der Waals surface area (Å²) in [7, 11) is 0. The van der Waals surface area contributed by atoms with Crippen molar-refractivity contribution in [3.05, 3.63) is 29.6 Å². The highest BCUT2D eigenvalue weighted by Gasteiger charge is 2.37. The van der Waals surface area contributed by atoms with Crippen molar-refractivity contribution in [2.45, 2.75) is 31.9 Å². The van der Waals surface area contributed by atoms with E-state index in [0.717, 1.165) is 18.2 Å². The van der Waals surface area contributed by atoms with Crippen LogP contribution in [-0.4, -0.2) is 17.7 Å². The molecule has 86 valence electrons. The van der Waals surface area contributed by atoms with Gasteiger partial charge in [0, 0.05) is 18.3 Å². The Balaban J connectivity index is 1.91. The maximum absolute atomic E-state index is 13.4. The summed E-state index contributed by atoms with van der Waals surface area (Å²) in [5, 5.41) is 9.08. The fourth-order valence-electron chi connectivity index (χ4n) is 3.13. The Hall–Kier alpha value is -1.09. The first-order valence-electron chi connectivity index (χ1n) is 5.93. The van der Waals surface area contributed by atoms with Gasteiger partial charge in [0.2, 0.25) is 0 Å². The molecule has 1 heterocycles. The van der Waals surface area contributed by atoms with Crippen LogP contribution in [0.3, 0.4) is 0 Å². The minimum absolute atomic E-state index is 0.0906. The molecule has 2 unspecified atom stereocenters. The van der Waals surface area contributed by atoms with E-state index >= 15 is 0 Å². The van der Waals surface area contributed by atoms with Crippen LogP contribution in [0.15, 0.2) is 18.2 Å². The number of hydrogen-bond acceptors (Lipinski definition) is 2. The molecule has 1 saturated heterocycles. The third-order valence-electron chi connectivity index (χ3n) is 3.87. The number of halogens is 1. The van der Waals surface area contributed by atoms with Crippen LogP contribution in [0.4, 0.5) is 10.1 Å². The van der Waals surface area contributed by atoms with Crippen molar-refractivity contribution < 1.29 is 9.50 Å². The molecule has 2 aliphatic rings. The maximum Gasteiger partial charge on any atom is 0.125 e. The smallest absolute Gasteiger partial charge is 0.125 e. The van der Waals surface area contributed by atoms with Gasteiger partial charge < -0.3 is 10.0 Å². The van der Waals surface area contributed by atoms with Crippen molar-refractivity contribution >= 4 is 5.69 Å². The molecule has 1 aromatic carbocycles. The van der Waals surface area contributed by atoms with Crippen LogP contribution in [0.1, 0.15) is 24.8 Å². The molecule has 1 aliphatic heterocycles. The molecule has 0 aromatic heterocycles. The second-order valence-electron chi connectivity index (χ2n) is 4.96. The van der Waals surface area contributed by atoms with Gasteiger partial charge in [0.25, 0.3) is 0 Å². The zero-order chi connectivity index (χ0) is 11.1. The highest BCUT2D eigenvalue weighted by Crippen LogP contribution is 2.40. The van der Waals surface area contributed by atoms with Crippen molar-refractivity contribution in [3.8, 4) is 0 Å². The molecule has 0 amide bonds. The topological polar surface area (TPSA) is 23.5 Å². The van der Waals surface area contributed by atoms with Crippen LogP contribution in [0.25, 0.3) is 0 Å². The van der Waals surface area contributed by atoms with Crippen molar-refractivity contribution in [2.24, 2.45) is 5.92 Å². The minimum atomic E-state index is -0.246. The van der Waals surface area contributed by atoms with Gasteiger partial charge in [-0.1, -0.05) is 0 Å². The van der Waals surface area contributed by atoms with E-state index in [1.165, 1.54) is 25.3 Å². The number of aliphatic hydroxyl groups is 1. The average molecular weight is 221 g/mol. The first kappa shape index (κ1) is 10.1. The highest BCUT2D eigenvalue weighted by atomic mass is 19.1. The van der Waals surface area contributed by atoms with E-state index in [1.807, 2.05) is 6.07 Å². The molecule has 1 aliphatic carbocycles.